The molecule has 2 aromatic rings. The van der Waals surface area contributed by atoms with Gasteiger partial charge in [-0.1, -0.05) is 36.4 Å². The summed E-state index contributed by atoms with van der Waals surface area (Å²) < 4.78 is 26.3. The van der Waals surface area contributed by atoms with E-state index in [0.29, 0.717) is 19.0 Å². The van der Waals surface area contributed by atoms with Crippen molar-refractivity contribution in [3.8, 4) is 0 Å². The van der Waals surface area contributed by atoms with Gasteiger partial charge in [-0.3, -0.25) is 4.79 Å². The first-order valence-electron chi connectivity index (χ1n) is 8.78. The van der Waals surface area contributed by atoms with Gasteiger partial charge in [0, 0.05) is 20.1 Å². The maximum atomic E-state index is 12.5. The predicted octanol–water partition coefficient (Wildman–Crippen LogP) is 2.85. The summed E-state index contributed by atoms with van der Waals surface area (Å²) in [5.74, 6) is 0.458. The minimum atomic E-state index is -3.58. The van der Waals surface area contributed by atoms with Gasteiger partial charge in [0.05, 0.1) is 6.54 Å². The van der Waals surface area contributed by atoms with Gasteiger partial charge in [0.1, 0.15) is 4.21 Å². The molecule has 1 aliphatic heterocycles. The molecule has 1 aliphatic rings. The van der Waals surface area contributed by atoms with Gasteiger partial charge in [0.15, 0.2) is 0 Å². The van der Waals surface area contributed by atoms with Crippen LogP contribution in [0.5, 0.6) is 0 Å². The summed E-state index contributed by atoms with van der Waals surface area (Å²) in [6.07, 6.45) is 2.96. The molecule has 2 heterocycles. The fourth-order valence-corrected chi connectivity index (χ4v) is 5.59. The van der Waals surface area contributed by atoms with E-state index in [9.17, 15) is 13.2 Å². The molecule has 0 N–H and O–H groups in total. The van der Waals surface area contributed by atoms with E-state index >= 15 is 0 Å². The third kappa shape index (κ3) is 4.52. The molecule has 1 amide bonds. The third-order valence-electron chi connectivity index (χ3n) is 4.85. The van der Waals surface area contributed by atoms with E-state index in [2.05, 4.69) is 24.3 Å². The first kappa shape index (κ1) is 19.1. The van der Waals surface area contributed by atoms with Crippen molar-refractivity contribution in [2.24, 2.45) is 5.92 Å². The van der Waals surface area contributed by atoms with E-state index in [0.717, 1.165) is 23.6 Å². The molecule has 1 aromatic heterocycles. The second-order valence-electron chi connectivity index (χ2n) is 6.71. The topological polar surface area (TPSA) is 57.7 Å². The Hall–Kier alpha value is -1.70. The van der Waals surface area contributed by atoms with Gasteiger partial charge >= 0.3 is 0 Å². The zero-order chi connectivity index (χ0) is 18.6. The Morgan fingerprint density at radius 3 is 2.46 bits per heavy atom. The highest BCUT2D eigenvalue weighted by Gasteiger charge is 2.28. The van der Waals surface area contributed by atoms with Crippen molar-refractivity contribution in [3.63, 3.8) is 0 Å². The third-order valence-corrected chi connectivity index (χ3v) is 8.03. The normalized spacial score (nSPS) is 16.2. The van der Waals surface area contributed by atoms with Crippen molar-refractivity contribution < 1.29 is 13.2 Å². The number of nitrogens with zero attached hydrogens (tertiary/aromatic N) is 2. The molecule has 0 radical (unpaired) electrons. The van der Waals surface area contributed by atoms with Crippen LogP contribution >= 0.6 is 11.3 Å². The van der Waals surface area contributed by atoms with E-state index in [4.69, 9.17) is 0 Å². The number of likely N-dealkylation sites (tertiary alicyclic amines) is 1. The predicted molar refractivity (Wildman–Crippen MR) is 104 cm³/mol. The van der Waals surface area contributed by atoms with E-state index in [1.165, 1.54) is 23.9 Å². The van der Waals surface area contributed by atoms with Crippen LogP contribution in [0.2, 0.25) is 0 Å². The van der Waals surface area contributed by atoms with E-state index in [1.54, 1.807) is 22.4 Å². The Kier molecular flexibility index (Phi) is 6.11. The molecule has 0 bridgehead atoms. The second-order valence-corrected chi connectivity index (χ2v) is 9.93. The Morgan fingerprint density at radius 1 is 1.15 bits per heavy atom. The minimum absolute atomic E-state index is 0.108. The monoisotopic (exact) mass is 392 g/mol. The zero-order valence-corrected chi connectivity index (χ0v) is 16.5. The van der Waals surface area contributed by atoms with Crippen molar-refractivity contribution >= 4 is 27.3 Å². The quantitative estimate of drug-likeness (QED) is 0.760. The highest BCUT2D eigenvalue weighted by atomic mass is 32.2. The lowest BCUT2D eigenvalue weighted by molar-refractivity contribution is -0.132. The van der Waals surface area contributed by atoms with Crippen molar-refractivity contribution in [1.82, 2.24) is 9.21 Å². The van der Waals surface area contributed by atoms with Gasteiger partial charge in [-0.2, -0.15) is 4.31 Å². The SMILES string of the molecule is CN(CC(=O)N1CCC(Cc2ccccc2)CC1)S(=O)(=O)c1cccs1. The molecule has 0 saturated carbocycles. The standard InChI is InChI=1S/C19H24N2O3S2/c1-20(26(23,24)19-8-5-13-25-19)15-18(22)21-11-9-17(10-12-21)14-16-6-3-2-4-7-16/h2-8,13,17H,9-12,14-15H2,1H3. The number of carbonyl (C=O) groups excluding carboxylic acids is 1. The number of rotatable bonds is 6. The number of likely N-dealkylation sites (N-methyl/N-ethyl adjacent to an activating group) is 1. The van der Waals surface area contributed by atoms with Gasteiger partial charge < -0.3 is 4.90 Å². The number of carbonyl (C=O) groups is 1. The van der Waals surface area contributed by atoms with Gasteiger partial charge in [-0.05, 0) is 42.2 Å². The maximum Gasteiger partial charge on any atom is 0.252 e. The number of sulfonamides is 1. The van der Waals surface area contributed by atoms with Crippen molar-refractivity contribution in [2.45, 2.75) is 23.5 Å². The molecule has 0 spiro atoms. The lowest BCUT2D eigenvalue weighted by Gasteiger charge is -2.33. The molecule has 1 fully saturated rings. The van der Waals surface area contributed by atoms with Gasteiger partial charge in [-0.25, -0.2) is 8.42 Å². The minimum Gasteiger partial charge on any atom is -0.342 e. The lowest BCUT2D eigenvalue weighted by atomic mass is 9.90. The smallest absolute Gasteiger partial charge is 0.252 e. The Morgan fingerprint density at radius 2 is 1.85 bits per heavy atom. The molecular formula is C19H24N2O3S2. The van der Waals surface area contributed by atoms with Crippen LogP contribution in [0.15, 0.2) is 52.1 Å². The molecule has 3 rings (SSSR count). The Bertz CT molecular complexity index is 812. The summed E-state index contributed by atoms with van der Waals surface area (Å²) in [6.45, 7) is 1.29. The molecular weight excluding hydrogens is 368 g/mol. The number of hydrogen-bond acceptors (Lipinski definition) is 4. The van der Waals surface area contributed by atoms with Crippen LogP contribution in [0.25, 0.3) is 0 Å². The molecule has 5 nitrogen and oxygen atoms in total. The molecule has 26 heavy (non-hydrogen) atoms. The van der Waals surface area contributed by atoms with Gasteiger partial charge in [0.25, 0.3) is 10.0 Å². The fraction of sp³-hybridized carbons (Fsp3) is 0.421. The maximum absolute atomic E-state index is 12.5. The molecule has 1 aromatic carbocycles. The lowest BCUT2D eigenvalue weighted by Crippen LogP contribution is -2.44. The number of piperidine rings is 1. The van der Waals surface area contributed by atoms with E-state index in [-0.39, 0.29) is 16.7 Å². The molecule has 7 heteroatoms. The summed E-state index contributed by atoms with van der Waals surface area (Å²) in [7, 11) is -2.11. The molecule has 0 atom stereocenters. The molecule has 140 valence electrons. The van der Waals surface area contributed by atoms with Crippen LogP contribution in [-0.4, -0.2) is 50.2 Å². The summed E-state index contributed by atoms with van der Waals surface area (Å²) in [6, 6.07) is 13.7. The molecule has 1 saturated heterocycles. The number of thiophene rings is 1. The van der Waals surface area contributed by atoms with Gasteiger partial charge in [-0.15, -0.1) is 11.3 Å². The summed E-state index contributed by atoms with van der Waals surface area (Å²) in [5, 5.41) is 1.72. The van der Waals surface area contributed by atoms with Crippen LogP contribution in [0.1, 0.15) is 18.4 Å². The van der Waals surface area contributed by atoms with Crippen LogP contribution < -0.4 is 0 Å². The summed E-state index contributed by atoms with van der Waals surface area (Å²) in [5.41, 5.74) is 1.33. The first-order valence-corrected chi connectivity index (χ1v) is 11.1. The van der Waals surface area contributed by atoms with Crippen molar-refractivity contribution in [1.29, 1.82) is 0 Å². The average Bonchev–Trinajstić information content (AvgIpc) is 3.18. The largest absolute Gasteiger partial charge is 0.342 e. The molecule has 0 unspecified atom stereocenters. The highest BCUT2D eigenvalue weighted by molar-refractivity contribution is 7.91. The van der Waals surface area contributed by atoms with E-state index < -0.39 is 10.0 Å². The molecule has 0 aliphatic carbocycles. The van der Waals surface area contributed by atoms with Gasteiger partial charge in [0.2, 0.25) is 5.91 Å². The van der Waals surface area contributed by atoms with Crippen molar-refractivity contribution in [3.05, 3.63) is 53.4 Å². The van der Waals surface area contributed by atoms with Crippen LogP contribution in [-0.2, 0) is 21.2 Å². The average molecular weight is 393 g/mol. The first-order chi connectivity index (χ1) is 12.5. The second kappa shape index (κ2) is 8.33. The van der Waals surface area contributed by atoms with Crippen LogP contribution in [0.4, 0.5) is 0 Å². The summed E-state index contributed by atoms with van der Waals surface area (Å²) >= 11 is 1.17. The Balaban J connectivity index is 1.51. The zero-order valence-electron chi connectivity index (χ0n) is 14.9. The Labute approximate surface area is 159 Å². The highest BCUT2D eigenvalue weighted by Crippen LogP contribution is 2.23. The summed E-state index contributed by atoms with van der Waals surface area (Å²) in [4.78, 5) is 14.3. The fourth-order valence-electron chi connectivity index (χ4n) is 3.27. The van der Waals surface area contributed by atoms with Crippen LogP contribution in [0, 0.1) is 5.92 Å². The number of benzene rings is 1. The van der Waals surface area contributed by atoms with E-state index in [1.807, 2.05) is 6.07 Å². The number of hydrogen-bond donors (Lipinski definition) is 0. The number of amides is 1. The van der Waals surface area contributed by atoms with Crippen LogP contribution in [0.3, 0.4) is 0 Å². The van der Waals surface area contributed by atoms with Crippen molar-refractivity contribution in [2.75, 3.05) is 26.7 Å².